The van der Waals surface area contributed by atoms with Gasteiger partial charge in [0.25, 0.3) is 0 Å². The molecule has 0 fully saturated rings. The van der Waals surface area contributed by atoms with Gasteiger partial charge in [-0.2, -0.15) is 4.99 Å². The second-order valence-corrected chi connectivity index (χ2v) is 8.02. The van der Waals surface area contributed by atoms with E-state index in [-0.39, 0.29) is 11.1 Å². The summed E-state index contributed by atoms with van der Waals surface area (Å²) >= 11 is 6.02. The minimum Gasteiger partial charge on any atom is -0.206 e. The zero-order valence-electron chi connectivity index (χ0n) is 15.4. The van der Waals surface area contributed by atoms with Gasteiger partial charge in [-0.25, -0.2) is 13.2 Å². The lowest BCUT2D eigenvalue weighted by molar-refractivity contribution is 0.565. The van der Waals surface area contributed by atoms with E-state index >= 15 is 0 Å². The smallest absolute Gasteiger partial charge is 0.153 e. The number of aliphatic imine (C=N–C) groups is 1. The highest BCUT2D eigenvalue weighted by Gasteiger charge is 2.15. The molecule has 0 N–H and O–H groups in total. The van der Waals surface area contributed by atoms with Crippen LogP contribution in [0.15, 0.2) is 47.5 Å². The van der Waals surface area contributed by atoms with Crippen molar-refractivity contribution in [1.82, 2.24) is 0 Å². The van der Waals surface area contributed by atoms with E-state index in [9.17, 15) is 13.2 Å². The highest BCUT2D eigenvalue weighted by Crippen LogP contribution is 2.35. The molecule has 1 heterocycles. The van der Waals surface area contributed by atoms with Crippen LogP contribution in [0.3, 0.4) is 0 Å². The van der Waals surface area contributed by atoms with Gasteiger partial charge in [0, 0.05) is 15.3 Å². The molecule has 1 atom stereocenters. The molecule has 0 spiro atoms. The van der Waals surface area contributed by atoms with Gasteiger partial charge >= 0.3 is 0 Å². The van der Waals surface area contributed by atoms with Crippen molar-refractivity contribution < 1.29 is 13.2 Å². The average molecular weight is 418 g/mol. The highest BCUT2D eigenvalue weighted by molar-refractivity contribution is 7.78. The molecule has 0 saturated carbocycles. The van der Waals surface area contributed by atoms with Gasteiger partial charge in [-0.1, -0.05) is 32.4 Å². The Hall–Kier alpha value is -2.27. The van der Waals surface area contributed by atoms with Crippen LogP contribution in [0.2, 0.25) is 0 Å². The lowest BCUT2D eigenvalue weighted by Gasteiger charge is -2.08. The van der Waals surface area contributed by atoms with Crippen LogP contribution in [0.4, 0.5) is 18.9 Å². The van der Waals surface area contributed by atoms with Crippen LogP contribution >= 0.6 is 23.6 Å². The average Bonchev–Trinajstić information content (AvgIpc) is 3.12. The molecule has 0 bridgehead atoms. The maximum atomic E-state index is 14.7. The van der Waals surface area contributed by atoms with Crippen molar-refractivity contribution in [3.8, 4) is 21.6 Å². The number of rotatable bonds is 6. The molecular weight excluding hydrogens is 399 g/mol. The number of thiophene rings is 1. The summed E-state index contributed by atoms with van der Waals surface area (Å²) < 4.78 is 42.8. The summed E-state index contributed by atoms with van der Waals surface area (Å²) in [5.41, 5.74) is 0.439. The summed E-state index contributed by atoms with van der Waals surface area (Å²) in [6.45, 7) is 4.36. The SMILES string of the molecule is CCC(C)Cc1ccc(-c2ccc(-c3cc(F)c(N=C=S)c(F)c3)c(F)c2)s1. The third-order valence-electron chi connectivity index (χ3n) is 4.65. The molecule has 6 heteroatoms. The van der Waals surface area contributed by atoms with Crippen molar-refractivity contribution in [2.45, 2.75) is 26.7 Å². The van der Waals surface area contributed by atoms with Crippen LogP contribution in [0.1, 0.15) is 25.1 Å². The van der Waals surface area contributed by atoms with E-state index in [4.69, 9.17) is 0 Å². The first-order valence-electron chi connectivity index (χ1n) is 8.88. The highest BCUT2D eigenvalue weighted by atomic mass is 32.1. The van der Waals surface area contributed by atoms with Crippen molar-refractivity contribution in [3.63, 3.8) is 0 Å². The minimum atomic E-state index is -0.913. The first kappa shape index (κ1) is 20.5. The number of thiocarbonyl (C=S) groups is 1. The molecule has 0 aliphatic carbocycles. The summed E-state index contributed by atoms with van der Waals surface area (Å²) in [6.07, 6.45) is 2.11. The van der Waals surface area contributed by atoms with Crippen LogP contribution in [0.5, 0.6) is 0 Å². The van der Waals surface area contributed by atoms with Gasteiger partial charge < -0.3 is 0 Å². The van der Waals surface area contributed by atoms with Crippen molar-refractivity contribution in [1.29, 1.82) is 0 Å². The molecule has 0 aliphatic heterocycles. The Kier molecular flexibility index (Phi) is 6.45. The summed E-state index contributed by atoms with van der Waals surface area (Å²) in [4.78, 5) is 5.59. The molecule has 0 radical (unpaired) electrons. The van der Waals surface area contributed by atoms with E-state index in [1.54, 1.807) is 17.4 Å². The van der Waals surface area contributed by atoms with Gasteiger partial charge in [0.2, 0.25) is 0 Å². The largest absolute Gasteiger partial charge is 0.206 e. The summed E-state index contributed by atoms with van der Waals surface area (Å²) in [5.74, 6) is -1.77. The zero-order chi connectivity index (χ0) is 20.3. The topological polar surface area (TPSA) is 12.4 Å². The monoisotopic (exact) mass is 417 g/mol. The van der Waals surface area contributed by atoms with E-state index in [1.165, 1.54) is 17.0 Å². The van der Waals surface area contributed by atoms with Crippen molar-refractivity contribution >= 4 is 34.4 Å². The second kappa shape index (κ2) is 8.82. The van der Waals surface area contributed by atoms with E-state index in [2.05, 4.69) is 37.1 Å². The lowest BCUT2D eigenvalue weighted by atomic mass is 10.0. The van der Waals surface area contributed by atoms with E-state index in [0.717, 1.165) is 35.4 Å². The predicted molar refractivity (Wildman–Crippen MR) is 113 cm³/mol. The van der Waals surface area contributed by atoms with Crippen molar-refractivity contribution in [3.05, 3.63) is 64.8 Å². The molecule has 2 aromatic carbocycles. The first-order chi connectivity index (χ1) is 13.4. The molecule has 0 aliphatic rings. The third kappa shape index (κ3) is 4.41. The molecule has 144 valence electrons. The molecule has 0 saturated heterocycles. The van der Waals surface area contributed by atoms with Crippen LogP contribution < -0.4 is 0 Å². The summed E-state index contributed by atoms with van der Waals surface area (Å²) in [7, 11) is 0. The number of hydrogen-bond donors (Lipinski definition) is 0. The normalized spacial score (nSPS) is 11.9. The van der Waals surface area contributed by atoms with Gasteiger partial charge in [0.15, 0.2) is 11.6 Å². The number of isothiocyanates is 1. The number of hydrogen-bond acceptors (Lipinski definition) is 3. The van der Waals surface area contributed by atoms with E-state index in [0.29, 0.717) is 5.92 Å². The van der Waals surface area contributed by atoms with Crippen LogP contribution in [-0.4, -0.2) is 5.16 Å². The van der Waals surface area contributed by atoms with Gasteiger partial charge in [-0.3, -0.25) is 0 Å². The molecule has 28 heavy (non-hydrogen) atoms. The predicted octanol–water partition coefficient (Wildman–Crippen LogP) is 7.82. The molecule has 0 amide bonds. The summed E-state index contributed by atoms with van der Waals surface area (Å²) in [5, 5.41) is 1.93. The zero-order valence-corrected chi connectivity index (χ0v) is 17.1. The second-order valence-electron chi connectivity index (χ2n) is 6.67. The quantitative estimate of drug-likeness (QED) is 0.294. The fourth-order valence-electron chi connectivity index (χ4n) is 2.91. The van der Waals surface area contributed by atoms with Gasteiger partial charge in [-0.05, 0) is 66.0 Å². The lowest BCUT2D eigenvalue weighted by Crippen LogP contribution is -1.94. The Balaban J connectivity index is 1.92. The standard InChI is InChI=1S/C22H18F3NS2/c1-3-13(2)8-16-5-7-21(28-16)14-4-6-17(18(23)9-14)15-10-19(24)22(26-12-27)20(25)11-15/h4-7,9-11,13H,3,8H2,1-2H3. The van der Waals surface area contributed by atoms with Crippen molar-refractivity contribution in [2.24, 2.45) is 10.9 Å². The molecular formula is C22H18F3NS2. The Morgan fingerprint density at radius 1 is 1.00 bits per heavy atom. The molecule has 3 rings (SSSR count). The Morgan fingerprint density at radius 2 is 1.68 bits per heavy atom. The molecule has 1 nitrogen and oxygen atoms in total. The summed E-state index contributed by atoms with van der Waals surface area (Å²) in [6, 6.07) is 10.8. The van der Waals surface area contributed by atoms with Crippen LogP contribution in [-0.2, 0) is 6.42 Å². The fraction of sp³-hybridized carbons (Fsp3) is 0.227. The van der Waals surface area contributed by atoms with Crippen LogP contribution in [0, 0.1) is 23.4 Å². The Bertz CT molecular complexity index is 1030. The maximum absolute atomic E-state index is 14.7. The van der Waals surface area contributed by atoms with Crippen molar-refractivity contribution in [2.75, 3.05) is 0 Å². The maximum Gasteiger partial charge on any atom is 0.153 e. The molecule has 3 aromatic rings. The number of halogens is 3. The van der Waals surface area contributed by atoms with E-state index in [1.807, 2.05) is 11.2 Å². The first-order valence-corrected chi connectivity index (χ1v) is 10.1. The third-order valence-corrected chi connectivity index (χ3v) is 5.90. The van der Waals surface area contributed by atoms with Gasteiger partial charge in [-0.15, -0.1) is 11.3 Å². The fourth-order valence-corrected chi connectivity index (χ4v) is 4.17. The van der Waals surface area contributed by atoms with Gasteiger partial charge in [0.1, 0.15) is 11.5 Å². The minimum absolute atomic E-state index is 0.103. The Labute approximate surface area is 171 Å². The molecule has 1 unspecified atom stereocenters. The number of benzene rings is 2. The number of nitrogens with zero attached hydrogens (tertiary/aromatic N) is 1. The van der Waals surface area contributed by atoms with Gasteiger partial charge in [0.05, 0.1) is 5.16 Å². The van der Waals surface area contributed by atoms with Crippen LogP contribution in [0.25, 0.3) is 21.6 Å². The molecule has 1 aromatic heterocycles. The Morgan fingerprint density at radius 3 is 2.29 bits per heavy atom. The van der Waals surface area contributed by atoms with E-state index < -0.39 is 23.1 Å².